The first kappa shape index (κ1) is 25.8. The highest BCUT2D eigenvalue weighted by molar-refractivity contribution is 14.0. The first-order valence-corrected chi connectivity index (χ1v) is 11.4. The van der Waals surface area contributed by atoms with E-state index < -0.39 is 0 Å². The summed E-state index contributed by atoms with van der Waals surface area (Å²) in [6, 6.07) is 6.80. The minimum absolute atomic E-state index is 0. The molecular formula is C23H37FIN5O. The summed E-state index contributed by atoms with van der Waals surface area (Å²) >= 11 is 0. The van der Waals surface area contributed by atoms with Crippen molar-refractivity contribution >= 4 is 35.8 Å². The van der Waals surface area contributed by atoms with Crippen LogP contribution in [0.1, 0.15) is 37.7 Å². The van der Waals surface area contributed by atoms with Gasteiger partial charge in [0.2, 0.25) is 5.91 Å². The van der Waals surface area contributed by atoms with E-state index in [0.29, 0.717) is 6.54 Å². The number of piperazine rings is 1. The second-order valence-corrected chi connectivity index (χ2v) is 8.27. The molecule has 1 aromatic rings. The lowest BCUT2D eigenvalue weighted by Crippen LogP contribution is -2.54. The van der Waals surface area contributed by atoms with E-state index in [1.165, 1.54) is 18.9 Å². The van der Waals surface area contributed by atoms with Gasteiger partial charge in [-0.15, -0.1) is 24.0 Å². The number of aryl methyl sites for hydroxylation is 1. The Bertz CT molecular complexity index is 701. The number of benzene rings is 1. The third-order valence-corrected chi connectivity index (χ3v) is 6.02. The smallest absolute Gasteiger partial charge is 0.236 e. The van der Waals surface area contributed by atoms with Crippen molar-refractivity contribution < 1.29 is 9.18 Å². The van der Waals surface area contributed by atoms with Crippen molar-refractivity contribution in [1.82, 2.24) is 20.0 Å². The molecule has 8 heteroatoms. The van der Waals surface area contributed by atoms with Gasteiger partial charge in [0.05, 0.1) is 6.54 Å². The number of halogens is 2. The number of hydrogen-bond donors (Lipinski definition) is 1. The van der Waals surface area contributed by atoms with Gasteiger partial charge in [-0.25, -0.2) is 4.39 Å². The highest BCUT2D eigenvalue weighted by atomic mass is 127. The van der Waals surface area contributed by atoms with E-state index in [1.807, 2.05) is 13.1 Å². The maximum absolute atomic E-state index is 13.3. The number of amides is 1. The molecule has 0 aromatic heterocycles. The number of carbonyl (C=O) groups is 1. The summed E-state index contributed by atoms with van der Waals surface area (Å²) < 4.78 is 13.3. The van der Waals surface area contributed by atoms with Crippen molar-refractivity contribution in [2.45, 2.75) is 38.5 Å². The fraction of sp³-hybridized carbons (Fsp3) is 0.652. The van der Waals surface area contributed by atoms with Gasteiger partial charge in [0.1, 0.15) is 5.82 Å². The first-order valence-electron chi connectivity index (χ1n) is 11.4. The Morgan fingerprint density at radius 1 is 1.03 bits per heavy atom. The number of nitrogens with zero attached hydrogens (tertiary/aromatic N) is 4. The van der Waals surface area contributed by atoms with Crippen LogP contribution in [-0.2, 0) is 11.2 Å². The minimum atomic E-state index is -0.177. The van der Waals surface area contributed by atoms with Gasteiger partial charge in [0, 0.05) is 52.9 Å². The van der Waals surface area contributed by atoms with Crippen molar-refractivity contribution in [3.63, 3.8) is 0 Å². The topological polar surface area (TPSA) is 51.2 Å². The van der Waals surface area contributed by atoms with E-state index in [-0.39, 0.29) is 35.7 Å². The monoisotopic (exact) mass is 545 g/mol. The third kappa shape index (κ3) is 8.56. The van der Waals surface area contributed by atoms with Gasteiger partial charge >= 0.3 is 0 Å². The zero-order chi connectivity index (χ0) is 21.2. The number of nitrogens with one attached hydrogen (secondary N) is 1. The molecule has 0 saturated carbocycles. The van der Waals surface area contributed by atoms with Crippen LogP contribution in [0.5, 0.6) is 0 Å². The highest BCUT2D eigenvalue weighted by Gasteiger charge is 2.23. The molecule has 3 rings (SSSR count). The molecule has 6 nitrogen and oxygen atoms in total. The standard InChI is InChI=1S/C23H36FN5O.HI/c1-25-23(26-11-7-9-20-8-6-10-21(24)18-20)29-16-14-27(15-17-29)19-22(30)28-12-4-2-3-5-13-28;/h6,8,10,18H,2-5,7,9,11-17,19H2,1H3,(H,25,26);1H. The van der Waals surface area contributed by atoms with Crippen molar-refractivity contribution in [1.29, 1.82) is 0 Å². The van der Waals surface area contributed by atoms with Crippen molar-refractivity contribution in [3.05, 3.63) is 35.6 Å². The Labute approximate surface area is 203 Å². The lowest BCUT2D eigenvalue weighted by Gasteiger charge is -2.37. The summed E-state index contributed by atoms with van der Waals surface area (Å²) in [6.45, 7) is 6.68. The Kier molecular flexibility index (Phi) is 11.6. The fourth-order valence-electron chi connectivity index (χ4n) is 4.25. The number of likely N-dealkylation sites (tertiary alicyclic amines) is 1. The molecule has 2 aliphatic heterocycles. The van der Waals surface area contributed by atoms with Gasteiger partial charge in [-0.3, -0.25) is 14.7 Å². The molecular weight excluding hydrogens is 508 g/mol. The normalized spacial score (nSPS) is 18.3. The molecule has 31 heavy (non-hydrogen) atoms. The maximum Gasteiger partial charge on any atom is 0.236 e. The zero-order valence-electron chi connectivity index (χ0n) is 18.7. The highest BCUT2D eigenvalue weighted by Crippen LogP contribution is 2.11. The van der Waals surface area contributed by atoms with Crippen LogP contribution < -0.4 is 5.32 Å². The van der Waals surface area contributed by atoms with Crippen LogP contribution in [0.25, 0.3) is 0 Å². The minimum Gasteiger partial charge on any atom is -0.356 e. The number of hydrogen-bond acceptors (Lipinski definition) is 3. The first-order chi connectivity index (χ1) is 14.7. The average molecular weight is 545 g/mol. The van der Waals surface area contributed by atoms with Crippen LogP contribution in [0, 0.1) is 5.82 Å². The van der Waals surface area contributed by atoms with Gasteiger partial charge < -0.3 is 15.1 Å². The summed E-state index contributed by atoms with van der Waals surface area (Å²) in [6.07, 6.45) is 6.54. The number of guanidine groups is 1. The molecule has 174 valence electrons. The number of carbonyl (C=O) groups excluding carboxylic acids is 1. The van der Waals surface area contributed by atoms with Gasteiger partial charge in [-0.1, -0.05) is 25.0 Å². The second kappa shape index (κ2) is 13.9. The largest absolute Gasteiger partial charge is 0.356 e. The molecule has 0 bridgehead atoms. The van der Waals surface area contributed by atoms with E-state index in [0.717, 1.165) is 83.0 Å². The van der Waals surface area contributed by atoms with Crippen LogP contribution in [-0.4, -0.2) is 86.0 Å². The molecule has 2 saturated heterocycles. The molecule has 2 fully saturated rings. The van der Waals surface area contributed by atoms with Gasteiger partial charge in [-0.05, 0) is 43.4 Å². The van der Waals surface area contributed by atoms with E-state index in [9.17, 15) is 9.18 Å². The zero-order valence-corrected chi connectivity index (χ0v) is 21.0. The summed E-state index contributed by atoms with van der Waals surface area (Å²) in [5.41, 5.74) is 1.02. The van der Waals surface area contributed by atoms with Crippen LogP contribution in [0.3, 0.4) is 0 Å². The molecule has 1 N–H and O–H groups in total. The Morgan fingerprint density at radius 2 is 1.74 bits per heavy atom. The maximum atomic E-state index is 13.3. The van der Waals surface area contributed by atoms with Crippen LogP contribution in [0.15, 0.2) is 29.3 Å². The predicted molar refractivity (Wildman–Crippen MR) is 135 cm³/mol. The Hall–Kier alpha value is -1.42. The summed E-state index contributed by atoms with van der Waals surface area (Å²) in [5.74, 6) is 1.02. The number of aliphatic imine (C=N–C) groups is 1. The third-order valence-electron chi connectivity index (χ3n) is 6.02. The molecule has 0 aliphatic carbocycles. The van der Waals surface area contributed by atoms with E-state index in [2.05, 4.69) is 25.0 Å². The molecule has 0 unspecified atom stereocenters. The van der Waals surface area contributed by atoms with Gasteiger partial charge in [0.15, 0.2) is 5.96 Å². The Morgan fingerprint density at radius 3 is 2.39 bits per heavy atom. The molecule has 0 radical (unpaired) electrons. The molecule has 1 aromatic carbocycles. The molecule has 1 amide bonds. The lowest BCUT2D eigenvalue weighted by molar-refractivity contribution is -0.132. The van der Waals surface area contributed by atoms with Crippen molar-refractivity contribution in [2.75, 3.05) is 59.4 Å². The molecule has 2 heterocycles. The van der Waals surface area contributed by atoms with Gasteiger partial charge in [-0.2, -0.15) is 0 Å². The average Bonchev–Trinajstić information content (AvgIpc) is 3.04. The van der Waals surface area contributed by atoms with E-state index in [1.54, 1.807) is 12.1 Å². The van der Waals surface area contributed by atoms with E-state index in [4.69, 9.17) is 0 Å². The van der Waals surface area contributed by atoms with E-state index >= 15 is 0 Å². The summed E-state index contributed by atoms with van der Waals surface area (Å²) in [7, 11) is 1.81. The SMILES string of the molecule is CN=C(NCCCc1cccc(F)c1)N1CCN(CC(=O)N2CCCCCC2)CC1.I. The molecule has 0 spiro atoms. The fourth-order valence-corrected chi connectivity index (χ4v) is 4.25. The van der Waals surface area contributed by atoms with Crippen LogP contribution in [0.4, 0.5) is 4.39 Å². The summed E-state index contributed by atoms with van der Waals surface area (Å²) in [5, 5.41) is 3.43. The number of rotatable bonds is 6. The van der Waals surface area contributed by atoms with Crippen molar-refractivity contribution in [2.24, 2.45) is 4.99 Å². The van der Waals surface area contributed by atoms with Crippen molar-refractivity contribution in [3.8, 4) is 0 Å². The van der Waals surface area contributed by atoms with Gasteiger partial charge in [0.25, 0.3) is 0 Å². The van der Waals surface area contributed by atoms with Crippen LogP contribution in [0.2, 0.25) is 0 Å². The Balaban J connectivity index is 0.00000341. The van der Waals surface area contributed by atoms with Crippen LogP contribution >= 0.6 is 24.0 Å². The lowest BCUT2D eigenvalue weighted by atomic mass is 10.1. The molecule has 0 atom stereocenters. The summed E-state index contributed by atoms with van der Waals surface area (Å²) in [4.78, 5) is 23.6. The quantitative estimate of drug-likeness (QED) is 0.259. The second-order valence-electron chi connectivity index (χ2n) is 8.27. The molecule has 2 aliphatic rings. The predicted octanol–water partition coefficient (Wildman–Crippen LogP) is 2.97.